The molecule has 1 unspecified atom stereocenters. The normalized spacial score (nSPS) is 12.0. The highest BCUT2D eigenvalue weighted by molar-refractivity contribution is 5.76. The summed E-state index contributed by atoms with van der Waals surface area (Å²) in [5, 5.41) is 2.78. The van der Waals surface area contributed by atoms with Crippen LogP contribution in [0.1, 0.15) is 17.5 Å². The van der Waals surface area contributed by atoms with E-state index in [-0.39, 0.29) is 18.4 Å². The van der Waals surface area contributed by atoms with Crippen molar-refractivity contribution in [1.82, 2.24) is 5.32 Å². The molecule has 0 heterocycles. The van der Waals surface area contributed by atoms with E-state index in [1.54, 1.807) is 7.11 Å². The molecule has 1 aromatic rings. The number of hydrogen-bond acceptors (Lipinski definition) is 4. The summed E-state index contributed by atoms with van der Waals surface area (Å²) in [4.78, 5) is 11.6. The molecule has 0 aliphatic heterocycles. The lowest BCUT2D eigenvalue weighted by Gasteiger charge is -2.13. The molecule has 0 radical (unpaired) electrons. The maximum absolute atomic E-state index is 11.6. The van der Waals surface area contributed by atoms with Gasteiger partial charge in [0.1, 0.15) is 12.4 Å². The molecule has 1 atom stereocenters. The predicted octanol–water partition coefficient (Wildman–Crippen LogP) is 1.16. The first-order chi connectivity index (χ1) is 9.55. The first kappa shape index (κ1) is 16.5. The quantitative estimate of drug-likeness (QED) is 0.701. The second-order valence-electron chi connectivity index (χ2n) is 4.82. The summed E-state index contributed by atoms with van der Waals surface area (Å²) in [6, 6.07) is 6.04. The third-order valence-corrected chi connectivity index (χ3v) is 2.90. The van der Waals surface area contributed by atoms with Gasteiger partial charge >= 0.3 is 0 Å². The number of carbonyl (C=O) groups excluding carboxylic acids is 1. The Kier molecular flexibility index (Phi) is 7.04. The smallest absolute Gasteiger partial charge is 0.222 e. The van der Waals surface area contributed by atoms with Gasteiger partial charge in [-0.2, -0.15) is 0 Å². The Balaban J connectivity index is 2.26. The number of rotatable bonds is 8. The number of carbonyl (C=O) groups is 1. The molecule has 0 fully saturated rings. The molecule has 1 amide bonds. The van der Waals surface area contributed by atoms with E-state index in [0.29, 0.717) is 19.7 Å². The molecule has 0 saturated heterocycles. The fraction of sp³-hybridized carbons (Fsp3) is 0.533. The third-order valence-electron chi connectivity index (χ3n) is 2.90. The van der Waals surface area contributed by atoms with Crippen molar-refractivity contribution >= 4 is 5.91 Å². The molecule has 0 aliphatic rings. The van der Waals surface area contributed by atoms with Crippen molar-refractivity contribution in [3.8, 4) is 5.75 Å². The Hall–Kier alpha value is -1.59. The minimum absolute atomic E-state index is 0.0775. The first-order valence-electron chi connectivity index (χ1n) is 6.75. The number of hydrogen-bond donors (Lipinski definition) is 2. The van der Waals surface area contributed by atoms with Crippen LogP contribution in [0.5, 0.6) is 5.75 Å². The van der Waals surface area contributed by atoms with E-state index >= 15 is 0 Å². The second-order valence-corrected chi connectivity index (χ2v) is 4.82. The predicted molar refractivity (Wildman–Crippen MR) is 78.9 cm³/mol. The molecule has 5 heteroatoms. The average molecular weight is 280 g/mol. The Labute approximate surface area is 120 Å². The van der Waals surface area contributed by atoms with Gasteiger partial charge in [0, 0.05) is 13.7 Å². The van der Waals surface area contributed by atoms with Crippen molar-refractivity contribution in [3.05, 3.63) is 29.3 Å². The van der Waals surface area contributed by atoms with Crippen LogP contribution in [-0.4, -0.2) is 38.8 Å². The van der Waals surface area contributed by atoms with Crippen molar-refractivity contribution in [2.24, 2.45) is 5.73 Å². The van der Waals surface area contributed by atoms with Gasteiger partial charge in [-0.15, -0.1) is 0 Å². The number of nitrogens with one attached hydrogen (secondary N) is 1. The van der Waals surface area contributed by atoms with Gasteiger partial charge in [0.25, 0.3) is 0 Å². The van der Waals surface area contributed by atoms with Crippen molar-refractivity contribution < 1.29 is 14.3 Å². The molecular weight excluding hydrogens is 256 g/mol. The van der Waals surface area contributed by atoms with Crippen LogP contribution in [0, 0.1) is 13.8 Å². The van der Waals surface area contributed by atoms with Crippen LogP contribution >= 0.6 is 0 Å². The topological polar surface area (TPSA) is 73.6 Å². The number of ether oxygens (including phenoxy) is 2. The van der Waals surface area contributed by atoms with Gasteiger partial charge in [0.15, 0.2) is 0 Å². The van der Waals surface area contributed by atoms with Crippen LogP contribution in [0.15, 0.2) is 18.2 Å². The molecule has 0 bridgehead atoms. The van der Waals surface area contributed by atoms with Gasteiger partial charge in [-0.25, -0.2) is 0 Å². The van der Waals surface area contributed by atoms with Gasteiger partial charge < -0.3 is 20.5 Å². The first-order valence-corrected chi connectivity index (χ1v) is 6.75. The Morgan fingerprint density at radius 1 is 1.30 bits per heavy atom. The Morgan fingerprint density at radius 3 is 2.50 bits per heavy atom. The van der Waals surface area contributed by atoms with Crippen LogP contribution < -0.4 is 15.8 Å². The Morgan fingerprint density at radius 2 is 1.95 bits per heavy atom. The van der Waals surface area contributed by atoms with Gasteiger partial charge in [-0.3, -0.25) is 4.79 Å². The van der Waals surface area contributed by atoms with Crippen LogP contribution in [0.3, 0.4) is 0 Å². The number of nitrogens with two attached hydrogens (primary N) is 1. The number of amides is 1. The van der Waals surface area contributed by atoms with Gasteiger partial charge in [-0.05, 0) is 37.1 Å². The zero-order chi connectivity index (χ0) is 15.0. The van der Waals surface area contributed by atoms with E-state index in [9.17, 15) is 4.79 Å². The minimum atomic E-state index is -0.227. The molecule has 1 aromatic carbocycles. The van der Waals surface area contributed by atoms with E-state index in [2.05, 4.69) is 11.4 Å². The maximum atomic E-state index is 11.6. The molecule has 5 nitrogen and oxygen atoms in total. The second kappa shape index (κ2) is 8.55. The summed E-state index contributed by atoms with van der Waals surface area (Å²) in [5.74, 6) is 0.750. The minimum Gasteiger partial charge on any atom is -0.492 e. The average Bonchev–Trinajstić information content (AvgIpc) is 2.40. The van der Waals surface area contributed by atoms with E-state index in [4.69, 9.17) is 15.2 Å². The van der Waals surface area contributed by atoms with E-state index in [1.807, 2.05) is 26.0 Å². The SMILES string of the molecule is COC(CN)CC(=O)NCCOc1cc(C)cc(C)c1. The third kappa shape index (κ3) is 6.04. The molecule has 0 saturated carbocycles. The summed E-state index contributed by atoms with van der Waals surface area (Å²) in [7, 11) is 1.55. The van der Waals surface area contributed by atoms with Crippen molar-refractivity contribution in [1.29, 1.82) is 0 Å². The molecule has 1 rings (SSSR count). The highest BCUT2D eigenvalue weighted by Crippen LogP contribution is 2.15. The fourth-order valence-electron chi connectivity index (χ4n) is 1.92. The molecule has 0 aromatic heterocycles. The van der Waals surface area contributed by atoms with Gasteiger partial charge in [-0.1, -0.05) is 6.07 Å². The van der Waals surface area contributed by atoms with E-state index in [0.717, 1.165) is 16.9 Å². The molecule has 0 spiro atoms. The fourth-order valence-corrected chi connectivity index (χ4v) is 1.92. The summed E-state index contributed by atoms with van der Waals surface area (Å²) < 4.78 is 10.7. The molecule has 20 heavy (non-hydrogen) atoms. The number of benzene rings is 1. The zero-order valence-electron chi connectivity index (χ0n) is 12.4. The summed E-state index contributed by atoms with van der Waals surface area (Å²) in [5.41, 5.74) is 7.78. The van der Waals surface area contributed by atoms with Crippen LogP contribution in [0.25, 0.3) is 0 Å². The maximum Gasteiger partial charge on any atom is 0.222 e. The van der Waals surface area contributed by atoms with Crippen molar-refractivity contribution in [3.63, 3.8) is 0 Å². The lowest BCUT2D eigenvalue weighted by atomic mass is 10.1. The van der Waals surface area contributed by atoms with Crippen LogP contribution in [0.2, 0.25) is 0 Å². The zero-order valence-corrected chi connectivity index (χ0v) is 12.4. The van der Waals surface area contributed by atoms with E-state index in [1.165, 1.54) is 0 Å². The van der Waals surface area contributed by atoms with Gasteiger partial charge in [0.05, 0.1) is 19.1 Å². The molecule has 0 aliphatic carbocycles. The lowest BCUT2D eigenvalue weighted by Crippen LogP contribution is -2.34. The monoisotopic (exact) mass is 280 g/mol. The number of methoxy groups -OCH3 is 1. The van der Waals surface area contributed by atoms with E-state index < -0.39 is 0 Å². The largest absolute Gasteiger partial charge is 0.492 e. The molecular formula is C15H24N2O3. The lowest BCUT2D eigenvalue weighted by molar-refractivity contribution is -0.123. The van der Waals surface area contributed by atoms with Crippen molar-refractivity contribution in [2.75, 3.05) is 26.8 Å². The Bertz CT molecular complexity index is 411. The molecule has 112 valence electrons. The van der Waals surface area contributed by atoms with Crippen LogP contribution in [0.4, 0.5) is 0 Å². The standard InChI is InChI=1S/C15H24N2O3/c1-11-6-12(2)8-13(7-11)20-5-4-17-15(18)9-14(10-16)19-3/h6-8,14H,4-5,9-10,16H2,1-3H3,(H,17,18). The van der Waals surface area contributed by atoms with Crippen molar-refractivity contribution in [2.45, 2.75) is 26.4 Å². The number of aryl methyl sites for hydroxylation is 2. The van der Waals surface area contributed by atoms with Crippen LogP contribution in [-0.2, 0) is 9.53 Å². The summed E-state index contributed by atoms with van der Waals surface area (Å²) in [6.45, 7) is 5.30. The summed E-state index contributed by atoms with van der Waals surface area (Å²) in [6.07, 6.45) is 0.0478. The van der Waals surface area contributed by atoms with Gasteiger partial charge in [0.2, 0.25) is 5.91 Å². The highest BCUT2D eigenvalue weighted by atomic mass is 16.5. The molecule has 3 N–H and O–H groups in total. The highest BCUT2D eigenvalue weighted by Gasteiger charge is 2.10. The summed E-state index contributed by atoms with van der Waals surface area (Å²) >= 11 is 0.